The molecule has 1 atom stereocenters. The van der Waals surface area contributed by atoms with Crippen molar-refractivity contribution in [2.75, 3.05) is 16.4 Å². The molecule has 1 unspecified atom stereocenters. The van der Waals surface area contributed by atoms with Crippen molar-refractivity contribution < 1.29 is 14.1 Å². The number of benzene rings is 2. The highest BCUT2D eigenvalue weighted by atomic mass is 32.2. The molecular formula is C22H23N3O3S. The summed E-state index contributed by atoms with van der Waals surface area (Å²) >= 11 is 1.27. The summed E-state index contributed by atoms with van der Waals surface area (Å²) in [4.78, 5) is 24.6. The predicted molar refractivity (Wildman–Crippen MR) is 116 cm³/mol. The third-order valence-corrected chi connectivity index (χ3v) is 5.38. The van der Waals surface area contributed by atoms with E-state index in [1.165, 1.54) is 17.3 Å². The number of thioether (sulfide) groups is 1. The monoisotopic (exact) mass is 409 g/mol. The Morgan fingerprint density at radius 2 is 1.79 bits per heavy atom. The van der Waals surface area contributed by atoms with Crippen LogP contribution in [0.3, 0.4) is 0 Å². The highest BCUT2D eigenvalue weighted by Crippen LogP contribution is 2.20. The van der Waals surface area contributed by atoms with E-state index in [0.717, 1.165) is 17.7 Å². The van der Waals surface area contributed by atoms with E-state index in [1.54, 1.807) is 19.9 Å². The van der Waals surface area contributed by atoms with Crippen LogP contribution in [0.25, 0.3) is 0 Å². The highest BCUT2D eigenvalue weighted by molar-refractivity contribution is 8.01. The molecule has 0 spiro atoms. The molecule has 6 nitrogen and oxygen atoms in total. The first kappa shape index (κ1) is 20.7. The van der Waals surface area contributed by atoms with Crippen molar-refractivity contribution in [2.24, 2.45) is 0 Å². The van der Waals surface area contributed by atoms with Crippen LogP contribution in [-0.2, 0) is 16.0 Å². The molecule has 2 amide bonds. The number of carbonyl (C=O) groups excluding carboxylic acids is 2. The Kier molecular flexibility index (Phi) is 7.08. The molecule has 150 valence electrons. The standard InChI is InChI=1S/C22H23N3O3S/c1-15-12-20(25-28-15)24-22(27)16(2)29-14-21(26)23-19-11-7-6-10-18(19)13-17-8-4-3-5-9-17/h3-12,16H,13-14H2,1-2H3,(H,23,26)(H,24,25,27). The molecule has 0 aliphatic rings. The fraction of sp³-hybridized carbons (Fsp3) is 0.227. The maximum Gasteiger partial charge on any atom is 0.238 e. The van der Waals surface area contributed by atoms with Crippen LogP contribution in [0.4, 0.5) is 11.5 Å². The number of nitrogens with zero attached hydrogens (tertiary/aromatic N) is 1. The molecule has 0 aliphatic heterocycles. The van der Waals surface area contributed by atoms with Gasteiger partial charge in [0.15, 0.2) is 5.82 Å². The summed E-state index contributed by atoms with van der Waals surface area (Å²) in [7, 11) is 0. The summed E-state index contributed by atoms with van der Waals surface area (Å²) in [6, 6.07) is 19.5. The molecule has 1 heterocycles. The number of aromatic nitrogens is 1. The maximum absolute atomic E-state index is 12.4. The highest BCUT2D eigenvalue weighted by Gasteiger charge is 2.17. The fourth-order valence-electron chi connectivity index (χ4n) is 2.73. The molecule has 0 radical (unpaired) electrons. The number of carbonyl (C=O) groups is 2. The van der Waals surface area contributed by atoms with Crippen LogP contribution in [0.2, 0.25) is 0 Å². The van der Waals surface area contributed by atoms with Gasteiger partial charge in [-0.05, 0) is 37.5 Å². The van der Waals surface area contributed by atoms with Crippen LogP contribution in [0.1, 0.15) is 23.8 Å². The third-order valence-electron chi connectivity index (χ3n) is 4.24. The van der Waals surface area contributed by atoms with Crippen LogP contribution in [0.15, 0.2) is 65.2 Å². The lowest BCUT2D eigenvalue weighted by atomic mass is 10.0. The molecule has 2 aromatic carbocycles. The zero-order valence-electron chi connectivity index (χ0n) is 16.3. The van der Waals surface area contributed by atoms with Crippen molar-refractivity contribution in [3.05, 3.63) is 77.6 Å². The summed E-state index contributed by atoms with van der Waals surface area (Å²) in [6.45, 7) is 3.50. The average molecular weight is 410 g/mol. The van der Waals surface area contributed by atoms with Gasteiger partial charge in [0.2, 0.25) is 11.8 Å². The van der Waals surface area contributed by atoms with Crippen molar-refractivity contribution >= 4 is 35.1 Å². The molecule has 3 aromatic rings. The summed E-state index contributed by atoms with van der Waals surface area (Å²) in [5.41, 5.74) is 3.01. The second-order valence-electron chi connectivity index (χ2n) is 6.63. The van der Waals surface area contributed by atoms with E-state index >= 15 is 0 Å². The number of hydrogen-bond acceptors (Lipinski definition) is 5. The number of hydrogen-bond donors (Lipinski definition) is 2. The van der Waals surface area contributed by atoms with Crippen LogP contribution in [0, 0.1) is 6.92 Å². The van der Waals surface area contributed by atoms with Crippen LogP contribution < -0.4 is 10.6 Å². The van der Waals surface area contributed by atoms with E-state index in [9.17, 15) is 9.59 Å². The topological polar surface area (TPSA) is 84.2 Å². The Balaban J connectivity index is 1.52. The summed E-state index contributed by atoms with van der Waals surface area (Å²) in [6.07, 6.45) is 0.736. The van der Waals surface area contributed by atoms with Crippen molar-refractivity contribution in [3.8, 4) is 0 Å². The van der Waals surface area contributed by atoms with Crippen molar-refractivity contribution in [2.45, 2.75) is 25.5 Å². The lowest BCUT2D eigenvalue weighted by Gasteiger charge is -2.13. The van der Waals surface area contributed by atoms with Gasteiger partial charge in [-0.25, -0.2) is 0 Å². The van der Waals surface area contributed by atoms with E-state index in [4.69, 9.17) is 4.52 Å². The van der Waals surface area contributed by atoms with Crippen molar-refractivity contribution in [1.82, 2.24) is 5.16 Å². The number of amides is 2. The summed E-state index contributed by atoms with van der Waals surface area (Å²) < 4.78 is 4.93. The van der Waals surface area contributed by atoms with Gasteiger partial charge in [-0.15, -0.1) is 11.8 Å². The Labute approximate surface area is 174 Å². The first-order chi connectivity index (χ1) is 14.0. The smallest absolute Gasteiger partial charge is 0.238 e. The van der Waals surface area contributed by atoms with E-state index in [0.29, 0.717) is 11.6 Å². The first-order valence-corrected chi connectivity index (χ1v) is 10.3. The zero-order chi connectivity index (χ0) is 20.6. The van der Waals surface area contributed by atoms with E-state index in [2.05, 4.69) is 27.9 Å². The third kappa shape index (κ3) is 6.22. The van der Waals surface area contributed by atoms with E-state index in [-0.39, 0.29) is 17.6 Å². The van der Waals surface area contributed by atoms with Gasteiger partial charge in [-0.1, -0.05) is 53.7 Å². The fourth-order valence-corrected chi connectivity index (χ4v) is 3.41. The van der Waals surface area contributed by atoms with Gasteiger partial charge >= 0.3 is 0 Å². The lowest BCUT2D eigenvalue weighted by molar-refractivity contribution is -0.115. The summed E-state index contributed by atoms with van der Waals surface area (Å²) in [5, 5.41) is 8.97. The zero-order valence-corrected chi connectivity index (χ0v) is 17.2. The normalized spacial score (nSPS) is 11.7. The van der Waals surface area contributed by atoms with Gasteiger partial charge in [-0.3, -0.25) is 9.59 Å². The van der Waals surface area contributed by atoms with E-state index in [1.807, 2.05) is 42.5 Å². The minimum absolute atomic E-state index is 0.146. The van der Waals surface area contributed by atoms with Gasteiger partial charge in [0.25, 0.3) is 0 Å². The van der Waals surface area contributed by atoms with Crippen molar-refractivity contribution in [1.29, 1.82) is 0 Å². The molecular weight excluding hydrogens is 386 g/mol. The molecule has 3 rings (SSSR count). The molecule has 0 fully saturated rings. The summed E-state index contributed by atoms with van der Waals surface area (Å²) in [5.74, 6) is 0.799. The molecule has 0 bridgehead atoms. The second-order valence-corrected chi connectivity index (χ2v) is 7.96. The minimum Gasteiger partial charge on any atom is -0.360 e. The average Bonchev–Trinajstić information content (AvgIpc) is 3.13. The molecule has 0 saturated heterocycles. The van der Waals surface area contributed by atoms with Gasteiger partial charge in [0.05, 0.1) is 11.0 Å². The van der Waals surface area contributed by atoms with E-state index < -0.39 is 5.25 Å². The number of aryl methyl sites for hydroxylation is 1. The number of rotatable bonds is 8. The largest absolute Gasteiger partial charge is 0.360 e. The first-order valence-electron chi connectivity index (χ1n) is 9.29. The molecule has 0 aliphatic carbocycles. The maximum atomic E-state index is 12.4. The molecule has 1 aromatic heterocycles. The Hall–Kier alpha value is -3.06. The molecule has 7 heteroatoms. The minimum atomic E-state index is -0.405. The van der Waals surface area contributed by atoms with Crippen molar-refractivity contribution in [3.63, 3.8) is 0 Å². The number of para-hydroxylation sites is 1. The van der Waals surface area contributed by atoms with Gasteiger partial charge in [0, 0.05) is 11.8 Å². The number of nitrogens with one attached hydrogen (secondary N) is 2. The van der Waals surface area contributed by atoms with Gasteiger partial charge in [0.1, 0.15) is 5.76 Å². The predicted octanol–water partition coefficient (Wildman–Crippen LogP) is 4.27. The quantitative estimate of drug-likeness (QED) is 0.580. The lowest BCUT2D eigenvalue weighted by Crippen LogP contribution is -2.25. The molecule has 29 heavy (non-hydrogen) atoms. The Bertz CT molecular complexity index is 972. The second kappa shape index (κ2) is 9.93. The molecule has 0 saturated carbocycles. The van der Waals surface area contributed by atoms with Crippen LogP contribution in [-0.4, -0.2) is 28.0 Å². The van der Waals surface area contributed by atoms with Crippen LogP contribution in [0.5, 0.6) is 0 Å². The van der Waals surface area contributed by atoms with Gasteiger partial charge < -0.3 is 15.2 Å². The van der Waals surface area contributed by atoms with Crippen LogP contribution >= 0.6 is 11.8 Å². The Morgan fingerprint density at radius 3 is 2.52 bits per heavy atom. The van der Waals surface area contributed by atoms with Gasteiger partial charge in [-0.2, -0.15) is 0 Å². The number of anilines is 2. The Morgan fingerprint density at radius 1 is 1.07 bits per heavy atom. The SMILES string of the molecule is Cc1cc(NC(=O)C(C)SCC(=O)Nc2ccccc2Cc2ccccc2)no1. The molecule has 2 N–H and O–H groups in total.